The van der Waals surface area contributed by atoms with Crippen LogP contribution in [-0.2, 0) is 9.59 Å². The van der Waals surface area contributed by atoms with Gasteiger partial charge < -0.3 is 10.2 Å². The molecule has 0 heterocycles. The molecule has 0 fully saturated rings. The van der Waals surface area contributed by atoms with E-state index in [1.165, 1.54) is 0 Å². The van der Waals surface area contributed by atoms with E-state index in [-0.39, 0.29) is 42.4 Å². The van der Waals surface area contributed by atoms with Gasteiger partial charge in [-0.05, 0) is 5.41 Å². The Kier molecular flexibility index (Phi) is 6.70. The van der Waals surface area contributed by atoms with Crippen LogP contribution in [0.15, 0.2) is 0 Å². The van der Waals surface area contributed by atoms with E-state index in [1.54, 1.807) is 13.8 Å². The summed E-state index contributed by atoms with van der Waals surface area (Å²) < 4.78 is 0. The van der Waals surface area contributed by atoms with Crippen molar-refractivity contribution >= 4 is 41.5 Å². The van der Waals surface area contributed by atoms with Crippen LogP contribution >= 0.6 is 0 Å². The number of rotatable bonds is 4. The van der Waals surface area contributed by atoms with E-state index in [0.717, 1.165) is 0 Å². The first-order chi connectivity index (χ1) is 4.83. The summed E-state index contributed by atoms with van der Waals surface area (Å²) in [5, 5.41) is 16.7. The van der Waals surface area contributed by atoms with Gasteiger partial charge in [-0.2, -0.15) is 0 Å². The molecule has 0 saturated carbocycles. The van der Waals surface area contributed by atoms with Crippen LogP contribution in [0.5, 0.6) is 0 Å². The zero-order chi connectivity index (χ0) is 9.07. The Balaban J connectivity index is 0. The van der Waals surface area contributed by atoms with Crippen LogP contribution in [0.1, 0.15) is 26.7 Å². The van der Waals surface area contributed by atoms with E-state index in [4.69, 9.17) is 10.2 Å². The average Bonchev–Trinajstić information content (AvgIpc) is 1.53. The van der Waals surface area contributed by atoms with Crippen molar-refractivity contribution in [2.24, 2.45) is 5.41 Å². The molecule has 66 valence electrons. The second-order valence-electron chi connectivity index (χ2n) is 3.31. The van der Waals surface area contributed by atoms with Gasteiger partial charge in [0.25, 0.3) is 0 Å². The molecule has 0 radical (unpaired) electrons. The second kappa shape index (κ2) is 5.56. The predicted octanol–water partition coefficient (Wildman–Crippen LogP) is 0.313. The van der Waals surface area contributed by atoms with Gasteiger partial charge in [0.15, 0.2) is 0 Å². The average molecular weight is 184 g/mol. The molecule has 4 nitrogen and oxygen atoms in total. The summed E-state index contributed by atoms with van der Waals surface area (Å²) in [7, 11) is 0. The van der Waals surface area contributed by atoms with E-state index in [0.29, 0.717) is 0 Å². The zero-order valence-electron chi connectivity index (χ0n) is 6.63. The summed E-state index contributed by atoms with van der Waals surface area (Å²) >= 11 is 0. The van der Waals surface area contributed by atoms with Gasteiger partial charge in [0, 0.05) is 0 Å². The van der Waals surface area contributed by atoms with Crippen LogP contribution in [0.2, 0.25) is 0 Å². The second-order valence-corrected chi connectivity index (χ2v) is 3.31. The van der Waals surface area contributed by atoms with Gasteiger partial charge >= 0.3 is 41.5 Å². The molecule has 0 amide bonds. The molecule has 0 bridgehead atoms. The third-order valence-corrected chi connectivity index (χ3v) is 1.26. The van der Waals surface area contributed by atoms with E-state index in [2.05, 4.69) is 0 Å². The molecular formula is C7H13NaO4. The van der Waals surface area contributed by atoms with Gasteiger partial charge in [0.1, 0.15) is 0 Å². The molecule has 0 aromatic carbocycles. The van der Waals surface area contributed by atoms with Crippen LogP contribution < -0.4 is 0 Å². The van der Waals surface area contributed by atoms with Crippen molar-refractivity contribution in [3.63, 3.8) is 0 Å². The van der Waals surface area contributed by atoms with Gasteiger partial charge in [-0.3, -0.25) is 9.59 Å². The van der Waals surface area contributed by atoms with Crippen molar-refractivity contribution in [3.05, 3.63) is 0 Å². The van der Waals surface area contributed by atoms with E-state index < -0.39 is 17.4 Å². The Morgan fingerprint density at radius 3 is 1.50 bits per heavy atom. The number of carbonyl (C=O) groups is 2. The van der Waals surface area contributed by atoms with Crippen LogP contribution in [-0.4, -0.2) is 51.7 Å². The van der Waals surface area contributed by atoms with Crippen LogP contribution in [0, 0.1) is 5.41 Å². The van der Waals surface area contributed by atoms with Crippen molar-refractivity contribution in [3.8, 4) is 0 Å². The van der Waals surface area contributed by atoms with Crippen molar-refractivity contribution < 1.29 is 19.8 Å². The third kappa shape index (κ3) is 8.04. The fraction of sp³-hybridized carbons (Fsp3) is 0.714. The topological polar surface area (TPSA) is 74.6 Å². The molecule has 5 heteroatoms. The SMILES string of the molecule is CC(C)(CC(=O)O)CC(=O)O.[NaH]. The molecule has 0 atom stereocenters. The van der Waals surface area contributed by atoms with E-state index in [9.17, 15) is 9.59 Å². The summed E-state index contributed by atoms with van der Waals surface area (Å²) in [4.78, 5) is 20.4. The molecule has 0 aliphatic carbocycles. The first-order valence-corrected chi connectivity index (χ1v) is 3.27. The Hall–Kier alpha value is -0.0600. The van der Waals surface area contributed by atoms with Crippen LogP contribution in [0.25, 0.3) is 0 Å². The fourth-order valence-corrected chi connectivity index (χ4v) is 0.881. The van der Waals surface area contributed by atoms with Crippen molar-refractivity contribution in [2.75, 3.05) is 0 Å². The minimum absolute atomic E-state index is 0. The molecule has 0 spiro atoms. The quantitative estimate of drug-likeness (QED) is 0.617. The number of hydrogen-bond donors (Lipinski definition) is 2. The van der Waals surface area contributed by atoms with Gasteiger partial charge in [-0.15, -0.1) is 0 Å². The number of hydrogen-bond acceptors (Lipinski definition) is 2. The molecule has 0 aliphatic heterocycles. The molecule has 0 unspecified atom stereocenters. The minimum atomic E-state index is -0.962. The van der Waals surface area contributed by atoms with Crippen LogP contribution in [0.3, 0.4) is 0 Å². The Morgan fingerprint density at radius 1 is 1.08 bits per heavy atom. The summed E-state index contributed by atoms with van der Waals surface area (Å²) in [6, 6.07) is 0. The summed E-state index contributed by atoms with van der Waals surface area (Å²) in [5.74, 6) is -1.92. The van der Waals surface area contributed by atoms with Gasteiger partial charge in [0.05, 0.1) is 12.8 Å². The Labute approximate surface area is 93.3 Å². The molecule has 0 aromatic heterocycles. The zero-order valence-corrected chi connectivity index (χ0v) is 6.63. The van der Waals surface area contributed by atoms with Gasteiger partial charge in [0.2, 0.25) is 0 Å². The Morgan fingerprint density at radius 2 is 1.33 bits per heavy atom. The number of aliphatic carboxylic acids is 2. The van der Waals surface area contributed by atoms with Crippen LogP contribution in [0.4, 0.5) is 0 Å². The Bertz CT molecular complexity index is 158. The summed E-state index contributed by atoms with van der Waals surface area (Å²) in [6.45, 7) is 3.24. The van der Waals surface area contributed by atoms with Gasteiger partial charge in [-0.1, -0.05) is 13.8 Å². The monoisotopic (exact) mass is 184 g/mol. The summed E-state index contributed by atoms with van der Waals surface area (Å²) in [5.41, 5.74) is -0.655. The molecule has 0 aliphatic rings. The number of carboxylic acid groups (broad SMARTS) is 2. The standard InChI is InChI=1S/C7H12O4.Na.H/c1-7(2,3-5(8)9)4-6(10)11;;/h3-4H2,1-2H3,(H,8,9)(H,10,11);;. The summed E-state index contributed by atoms with van der Waals surface area (Å²) in [6.07, 6.45) is -0.224. The maximum absolute atomic E-state index is 10.2. The fourth-order valence-electron chi connectivity index (χ4n) is 0.881. The first kappa shape index (κ1) is 14.5. The molecule has 12 heavy (non-hydrogen) atoms. The van der Waals surface area contributed by atoms with Crippen molar-refractivity contribution in [1.29, 1.82) is 0 Å². The normalized spacial score (nSPS) is 10.2. The number of carboxylic acids is 2. The molecule has 0 aromatic rings. The maximum atomic E-state index is 10.2. The molecule has 2 N–H and O–H groups in total. The molecule has 0 saturated heterocycles. The predicted molar refractivity (Wildman–Crippen MR) is 45.4 cm³/mol. The van der Waals surface area contributed by atoms with Crippen molar-refractivity contribution in [1.82, 2.24) is 0 Å². The third-order valence-electron chi connectivity index (χ3n) is 1.26. The van der Waals surface area contributed by atoms with E-state index >= 15 is 0 Å². The van der Waals surface area contributed by atoms with Gasteiger partial charge in [-0.25, -0.2) is 0 Å². The first-order valence-electron chi connectivity index (χ1n) is 3.27. The van der Waals surface area contributed by atoms with Crippen molar-refractivity contribution in [2.45, 2.75) is 26.7 Å². The van der Waals surface area contributed by atoms with E-state index in [1.807, 2.05) is 0 Å². The molecule has 0 rings (SSSR count). The molecular weight excluding hydrogens is 171 g/mol.